The van der Waals surface area contributed by atoms with Crippen molar-refractivity contribution in [3.63, 3.8) is 0 Å². The first-order chi connectivity index (χ1) is 8.09. The summed E-state index contributed by atoms with van der Waals surface area (Å²) in [5, 5.41) is 6.42. The summed E-state index contributed by atoms with van der Waals surface area (Å²) in [5.41, 5.74) is 0.820. The highest BCUT2D eigenvalue weighted by Crippen LogP contribution is 2.29. The number of carbonyl (C=O) groups is 1. The monoisotopic (exact) mass is 236 g/mol. The lowest BCUT2D eigenvalue weighted by atomic mass is 9.77. The van der Waals surface area contributed by atoms with Crippen LogP contribution in [0.2, 0.25) is 0 Å². The van der Waals surface area contributed by atoms with Crippen LogP contribution in [0.15, 0.2) is 23.0 Å². The molecule has 17 heavy (non-hydrogen) atoms. The fourth-order valence-corrected chi connectivity index (χ4v) is 2.31. The molecular weight excluding hydrogens is 216 g/mol. The van der Waals surface area contributed by atoms with Crippen molar-refractivity contribution in [2.24, 2.45) is 5.41 Å². The van der Waals surface area contributed by atoms with Crippen molar-refractivity contribution >= 4 is 5.91 Å². The molecule has 1 aromatic heterocycles. The van der Waals surface area contributed by atoms with Crippen LogP contribution in [0, 0.1) is 5.41 Å². The fraction of sp³-hybridized carbons (Fsp3) is 0.615. The Labute approximate surface area is 102 Å². The SMILES string of the molecule is CC1(C)CCCNC1CNC(=O)c1ccoc1. The van der Waals surface area contributed by atoms with Gasteiger partial charge >= 0.3 is 0 Å². The van der Waals surface area contributed by atoms with Crippen LogP contribution in [0.25, 0.3) is 0 Å². The molecule has 0 bridgehead atoms. The summed E-state index contributed by atoms with van der Waals surface area (Å²) in [6, 6.07) is 2.02. The zero-order valence-corrected chi connectivity index (χ0v) is 10.5. The van der Waals surface area contributed by atoms with E-state index in [1.165, 1.54) is 25.4 Å². The molecule has 1 unspecified atom stereocenters. The van der Waals surface area contributed by atoms with Gasteiger partial charge in [0.05, 0.1) is 11.8 Å². The number of amides is 1. The van der Waals surface area contributed by atoms with Crippen LogP contribution in [-0.2, 0) is 0 Å². The van der Waals surface area contributed by atoms with Crippen LogP contribution in [0.5, 0.6) is 0 Å². The molecule has 4 heteroatoms. The number of hydrogen-bond donors (Lipinski definition) is 2. The van der Waals surface area contributed by atoms with Crippen LogP contribution in [0.4, 0.5) is 0 Å². The average molecular weight is 236 g/mol. The van der Waals surface area contributed by atoms with Crippen molar-refractivity contribution in [2.45, 2.75) is 32.7 Å². The Balaban J connectivity index is 1.87. The second-order valence-electron chi connectivity index (χ2n) is 5.32. The lowest BCUT2D eigenvalue weighted by Crippen LogP contribution is -2.52. The van der Waals surface area contributed by atoms with Crippen LogP contribution >= 0.6 is 0 Å². The molecule has 0 spiro atoms. The van der Waals surface area contributed by atoms with Crippen molar-refractivity contribution in [3.8, 4) is 0 Å². The molecule has 2 rings (SSSR count). The Morgan fingerprint density at radius 2 is 2.47 bits per heavy atom. The molecule has 2 heterocycles. The van der Waals surface area contributed by atoms with E-state index in [1.54, 1.807) is 6.07 Å². The summed E-state index contributed by atoms with van der Waals surface area (Å²) >= 11 is 0. The van der Waals surface area contributed by atoms with Gasteiger partial charge in [-0.15, -0.1) is 0 Å². The Morgan fingerprint density at radius 1 is 1.65 bits per heavy atom. The lowest BCUT2D eigenvalue weighted by Gasteiger charge is -2.39. The summed E-state index contributed by atoms with van der Waals surface area (Å²) in [7, 11) is 0. The van der Waals surface area contributed by atoms with Crippen molar-refractivity contribution in [1.82, 2.24) is 10.6 Å². The van der Waals surface area contributed by atoms with Gasteiger partial charge in [-0.2, -0.15) is 0 Å². The van der Waals surface area contributed by atoms with Gasteiger partial charge in [0.25, 0.3) is 5.91 Å². The third-order valence-corrected chi connectivity index (χ3v) is 3.58. The van der Waals surface area contributed by atoms with E-state index < -0.39 is 0 Å². The summed E-state index contributed by atoms with van der Waals surface area (Å²) in [6.45, 7) is 6.19. The third-order valence-electron chi connectivity index (χ3n) is 3.58. The Morgan fingerprint density at radius 3 is 3.12 bits per heavy atom. The molecule has 0 aliphatic carbocycles. The molecule has 4 nitrogen and oxygen atoms in total. The van der Waals surface area contributed by atoms with Crippen molar-refractivity contribution in [3.05, 3.63) is 24.2 Å². The summed E-state index contributed by atoms with van der Waals surface area (Å²) < 4.78 is 4.89. The second kappa shape index (κ2) is 4.92. The zero-order chi connectivity index (χ0) is 12.3. The summed E-state index contributed by atoms with van der Waals surface area (Å²) in [4.78, 5) is 11.8. The first kappa shape index (κ1) is 12.2. The molecular formula is C13H20N2O2. The van der Waals surface area contributed by atoms with Gasteiger partial charge in [-0.1, -0.05) is 13.8 Å². The fourth-order valence-electron chi connectivity index (χ4n) is 2.31. The topological polar surface area (TPSA) is 54.3 Å². The molecule has 1 fully saturated rings. The maximum Gasteiger partial charge on any atom is 0.254 e. The van der Waals surface area contributed by atoms with E-state index in [9.17, 15) is 4.79 Å². The van der Waals surface area contributed by atoms with Crippen molar-refractivity contribution < 1.29 is 9.21 Å². The van der Waals surface area contributed by atoms with Gasteiger partial charge in [-0.05, 0) is 30.9 Å². The maximum absolute atomic E-state index is 11.8. The van der Waals surface area contributed by atoms with E-state index >= 15 is 0 Å². The van der Waals surface area contributed by atoms with Crippen LogP contribution in [0.3, 0.4) is 0 Å². The molecule has 0 aromatic carbocycles. The molecule has 2 N–H and O–H groups in total. The Bertz CT molecular complexity index is 371. The van der Waals surface area contributed by atoms with Gasteiger partial charge in [0, 0.05) is 12.6 Å². The quantitative estimate of drug-likeness (QED) is 0.841. The minimum Gasteiger partial charge on any atom is -0.472 e. The van der Waals surface area contributed by atoms with Gasteiger partial charge in [0.1, 0.15) is 6.26 Å². The smallest absolute Gasteiger partial charge is 0.254 e. The average Bonchev–Trinajstić information content (AvgIpc) is 2.80. The third kappa shape index (κ3) is 2.88. The molecule has 0 radical (unpaired) electrons. The molecule has 1 aromatic rings. The number of rotatable bonds is 3. The highest BCUT2D eigenvalue weighted by molar-refractivity contribution is 5.93. The highest BCUT2D eigenvalue weighted by Gasteiger charge is 2.31. The minimum atomic E-state index is -0.0677. The van der Waals surface area contributed by atoms with E-state index in [0.29, 0.717) is 18.2 Å². The maximum atomic E-state index is 11.8. The van der Waals surface area contributed by atoms with E-state index in [2.05, 4.69) is 24.5 Å². The summed E-state index contributed by atoms with van der Waals surface area (Å²) in [5.74, 6) is -0.0677. The van der Waals surface area contributed by atoms with Crippen molar-refractivity contribution in [2.75, 3.05) is 13.1 Å². The number of piperidine rings is 1. The standard InChI is InChI=1S/C13H20N2O2/c1-13(2)5-3-6-14-11(13)8-15-12(16)10-4-7-17-9-10/h4,7,9,11,14H,3,5-6,8H2,1-2H3,(H,15,16). The van der Waals surface area contributed by atoms with E-state index in [4.69, 9.17) is 4.42 Å². The molecule has 1 atom stereocenters. The van der Waals surface area contributed by atoms with E-state index in [0.717, 1.165) is 6.54 Å². The van der Waals surface area contributed by atoms with Crippen LogP contribution < -0.4 is 10.6 Å². The van der Waals surface area contributed by atoms with Gasteiger partial charge < -0.3 is 15.1 Å². The number of hydrogen-bond acceptors (Lipinski definition) is 3. The largest absolute Gasteiger partial charge is 0.472 e. The molecule has 0 saturated carbocycles. The summed E-state index contributed by atoms with van der Waals surface area (Å²) in [6.07, 6.45) is 5.39. The van der Waals surface area contributed by atoms with Gasteiger partial charge in [-0.3, -0.25) is 4.79 Å². The number of carbonyl (C=O) groups excluding carboxylic acids is 1. The number of nitrogens with one attached hydrogen (secondary N) is 2. The van der Waals surface area contributed by atoms with Gasteiger partial charge in [0.15, 0.2) is 0 Å². The van der Waals surface area contributed by atoms with E-state index in [-0.39, 0.29) is 11.3 Å². The first-order valence-electron chi connectivity index (χ1n) is 6.13. The van der Waals surface area contributed by atoms with Gasteiger partial charge in [0.2, 0.25) is 0 Å². The van der Waals surface area contributed by atoms with Gasteiger partial charge in [-0.25, -0.2) is 0 Å². The molecule has 94 valence electrons. The van der Waals surface area contributed by atoms with Crippen LogP contribution in [-0.4, -0.2) is 25.0 Å². The lowest BCUT2D eigenvalue weighted by molar-refractivity contribution is 0.0928. The first-order valence-corrected chi connectivity index (χ1v) is 6.13. The Hall–Kier alpha value is -1.29. The minimum absolute atomic E-state index is 0.0677. The second-order valence-corrected chi connectivity index (χ2v) is 5.32. The highest BCUT2D eigenvalue weighted by atomic mass is 16.3. The molecule has 1 saturated heterocycles. The zero-order valence-electron chi connectivity index (χ0n) is 10.5. The van der Waals surface area contributed by atoms with Crippen LogP contribution in [0.1, 0.15) is 37.0 Å². The van der Waals surface area contributed by atoms with E-state index in [1.807, 2.05) is 0 Å². The molecule has 1 aliphatic rings. The predicted octanol–water partition coefficient (Wildman–Crippen LogP) is 1.79. The van der Waals surface area contributed by atoms with Crippen molar-refractivity contribution in [1.29, 1.82) is 0 Å². The number of furan rings is 1. The normalized spacial score (nSPS) is 23.3. The predicted molar refractivity (Wildman–Crippen MR) is 65.8 cm³/mol. The molecule has 1 aliphatic heterocycles. The molecule has 1 amide bonds. The Kier molecular flexibility index (Phi) is 3.52.